The second kappa shape index (κ2) is 6.53. The van der Waals surface area contributed by atoms with Crippen LogP contribution in [0.15, 0.2) is 30.3 Å². The van der Waals surface area contributed by atoms with Crippen LogP contribution in [0.3, 0.4) is 0 Å². The number of nitrogens with zero attached hydrogens (tertiary/aromatic N) is 1. The first-order valence-corrected chi connectivity index (χ1v) is 4.94. The van der Waals surface area contributed by atoms with E-state index in [1.165, 1.54) is 5.56 Å². The van der Waals surface area contributed by atoms with Crippen molar-refractivity contribution in [2.24, 2.45) is 5.90 Å². The molecule has 15 heavy (non-hydrogen) atoms. The summed E-state index contributed by atoms with van der Waals surface area (Å²) in [7, 11) is 1.95. The molecule has 1 aromatic rings. The number of likely N-dealkylation sites (N-methyl/N-ethyl adjacent to an activating group) is 1. The molecule has 0 aliphatic carbocycles. The van der Waals surface area contributed by atoms with Gasteiger partial charge in [-0.1, -0.05) is 30.3 Å². The first-order valence-electron chi connectivity index (χ1n) is 4.94. The Kier molecular flexibility index (Phi) is 5.28. The van der Waals surface area contributed by atoms with Crippen LogP contribution in [-0.2, 0) is 11.4 Å². The molecule has 4 heteroatoms. The number of nitrogens with two attached hydrogens (primary N) is 1. The van der Waals surface area contributed by atoms with Crippen molar-refractivity contribution in [2.45, 2.75) is 12.6 Å². The quantitative estimate of drug-likeness (QED) is 0.666. The monoisotopic (exact) mass is 210 g/mol. The first-order chi connectivity index (χ1) is 7.22. The summed E-state index contributed by atoms with van der Waals surface area (Å²) >= 11 is 0. The van der Waals surface area contributed by atoms with Crippen molar-refractivity contribution < 1.29 is 9.94 Å². The minimum Gasteiger partial charge on any atom is -0.389 e. The molecule has 84 valence electrons. The van der Waals surface area contributed by atoms with Gasteiger partial charge in [0.25, 0.3) is 0 Å². The van der Waals surface area contributed by atoms with Gasteiger partial charge in [-0.05, 0) is 12.6 Å². The van der Waals surface area contributed by atoms with Gasteiger partial charge in [0.1, 0.15) is 0 Å². The molecule has 0 heterocycles. The Morgan fingerprint density at radius 2 is 2.07 bits per heavy atom. The fraction of sp³-hybridized carbons (Fsp3) is 0.455. The Morgan fingerprint density at radius 1 is 1.40 bits per heavy atom. The summed E-state index contributed by atoms with van der Waals surface area (Å²) in [5.74, 6) is 4.88. The molecule has 0 saturated carbocycles. The highest BCUT2D eigenvalue weighted by atomic mass is 16.6. The highest BCUT2D eigenvalue weighted by molar-refractivity contribution is 5.14. The SMILES string of the molecule is CN(Cc1ccccc1)CC(O)CON. The van der Waals surface area contributed by atoms with Crippen LogP contribution in [0.25, 0.3) is 0 Å². The maximum Gasteiger partial charge on any atom is 0.0951 e. The van der Waals surface area contributed by atoms with Crippen molar-refractivity contribution in [3.8, 4) is 0 Å². The van der Waals surface area contributed by atoms with Gasteiger partial charge in [-0.25, -0.2) is 5.90 Å². The number of aliphatic hydroxyl groups excluding tert-OH is 1. The van der Waals surface area contributed by atoms with Gasteiger partial charge >= 0.3 is 0 Å². The summed E-state index contributed by atoms with van der Waals surface area (Å²) in [5, 5.41) is 9.45. The standard InChI is InChI=1S/C11H18N2O2/c1-13(8-11(14)9-15-12)7-10-5-3-2-4-6-10/h2-6,11,14H,7-9,12H2,1H3. The number of rotatable bonds is 6. The average Bonchev–Trinajstić information content (AvgIpc) is 2.19. The second-order valence-electron chi connectivity index (χ2n) is 3.67. The molecule has 0 fully saturated rings. The molecule has 1 unspecified atom stereocenters. The van der Waals surface area contributed by atoms with Crippen LogP contribution >= 0.6 is 0 Å². The fourth-order valence-electron chi connectivity index (χ4n) is 1.48. The lowest BCUT2D eigenvalue weighted by molar-refractivity contribution is 0.0193. The molecule has 1 atom stereocenters. The van der Waals surface area contributed by atoms with Crippen LogP contribution in [0, 0.1) is 0 Å². The molecular weight excluding hydrogens is 192 g/mol. The maximum absolute atomic E-state index is 9.45. The normalized spacial score (nSPS) is 13.1. The van der Waals surface area contributed by atoms with E-state index in [4.69, 9.17) is 5.90 Å². The molecule has 0 radical (unpaired) electrons. The topological polar surface area (TPSA) is 58.7 Å². The lowest BCUT2D eigenvalue weighted by Crippen LogP contribution is -2.32. The van der Waals surface area contributed by atoms with E-state index in [9.17, 15) is 5.11 Å². The molecule has 0 amide bonds. The summed E-state index contributed by atoms with van der Waals surface area (Å²) in [5.41, 5.74) is 1.22. The summed E-state index contributed by atoms with van der Waals surface area (Å²) < 4.78 is 0. The van der Waals surface area contributed by atoms with Crippen molar-refractivity contribution in [1.29, 1.82) is 0 Å². The van der Waals surface area contributed by atoms with E-state index in [-0.39, 0.29) is 6.61 Å². The molecule has 1 rings (SSSR count). The molecule has 0 spiro atoms. The summed E-state index contributed by atoms with van der Waals surface area (Å²) in [6.45, 7) is 1.52. The largest absolute Gasteiger partial charge is 0.389 e. The zero-order valence-corrected chi connectivity index (χ0v) is 8.97. The van der Waals surface area contributed by atoms with Crippen molar-refractivity contribution in [3.63, 3.8) is 0 Å². The Labute approximate surface area is 90.2 Å². The molecule has 0 aromatic heterocycles. The number of aliphatic hydroxyl groups is 1. The van der Waals surface area contributed by atoms with Crippen molar-refractivity contribution in [2.75, 3.05) is 20.2 Å². The molecule has 3 N–H and O–H groups in total. The Balaban J connectivity index is 2.33. The van der Waals surface area contributed by atoms with Gasteiger partial charge in [-0.15, -0.1) is 0 Å². The van der Waals surface area contributed by atoms with E-state index in [1.54, 1.807) is 0 Å². The Bertz CT molecular complexity index is 267. The van der Waals surface area contributed by atoms with Gasteiger partial charge in [-0.2, -0.15) is 0 Å². The van der Waals surface area contributed by atoms with Crippen molar-refractivity contribution in [1.82, 2.24) is 4.90 Å². The smallest absolute Gasteiger partial charge is 0.0951 e. The van der Waals surface area contributed by atoms with Gasteiger partial charge in [0.2, 0.25) is 0 Å². The first kappa shape index (κ1) is 12.1. The third-order valence-corrected chi connectivity index (χ3v) is 2.11. The van der Waals surface area contributed by atoms with Crippen LogP contribution in [0.1, 0.15) is 5.56 Å². The number of hydrogen-bond donors (Lipinski definition) is 2. The minimum absolute atomic E-state index is 0.166. The van der Waals surface area contributed by atoms with Crippen molar-refractivity contribution >= 4 is 0 Å². The third kappa shape index (κ3) is 4.90. The predicted molar refractivity (Wildman–Crippen MR) is 58.9 cm³/mol. The van der Waals surface area contributed by atoms with Gasteiger partial charge in [0.15, 0.2) is 0 Å². The van der Waals surface area contributed by atoms with E-state index in [0.29, 0.717) is 6.54 Å². The highest BCUT2D eigenvalue weighted by Gasteiger charge is 2.07. The van der Waals surface area contributed by atoms with Crippen LogP contribution in [-0.4, -0.2) is 36.3 Å². The number of hydrogen-bond acceptors (Lipinski definition) is 4. The molecule has 4 nitrogen and oxygen atoms in total. The van der Waals surface area contributed by atoms with Crippen LogP contribution in [0.5, 0.6) is 0 Å². The Hall–Kier alpha value is -0.940. The van der Waals surface area contributed by atoms with Gasteiger partial charge in [0, 0.05) is 13.1 Å². The van der Waals surface area contributed by atoms with E-state index in [1.807, 2.05) is 30.1 Å². The van der Waals surface area contributed by atoms with Gasteiger partial charge < -0.3 is 9.94 Å². The minimum atomic E-state index is -0.538. The van der Waals surface area contributed by atoms with E-state index >= 15 is 0 Å². The summed E-state index contributed by atoms with van der Waals surface area (Å²) in [6, 6.07) is 10.1. The predicted octanol–water partition coefficient (Wildman–Crippen LogP) is 0.370. The third-order valence-electron chi connectivity index (χ3n) is 2.11. The van der Waals surface area contributed by atoms with E-state index in [2.05, 4.69) is 17.0 Å². The molecular formula is C11H18N2O2. The zero-order chi connectivity index (χ0) is 11.1. The molecule has 0 aliphatic rings. The lowest BCUT2D eigenvalue weighted by Gasteiger charge is -2.19. The molecule has 0 aliphatic heterocycles. The summed E-state index contributed by atoms with van der Waals surface area (Å²) in [6.07, 6.45) is -0.538. The van der Waals surface area contributed by atoms with E-state index in [0.717, 1.165) is 6.54 Å². The fourth-order valence-corrected chi connectivity index (χ4v) is 1.48. The lowest BCUT2D eigenvalue weighted by atomic mass is 10.2. The molecule has 0 bridgehead atoms. The average molecular weight is 210 g/mol. The van der Waals surface area contributed by atoms with Gasteiger partial charge in [0.05, 0.1) is 12.7 Å². The van der Waals surface area contributed by atoms with Gasteiger partial charge in [-0.3, -0.25) is 4.90 Å². The van der Waals surface area contributed by atoms with Crippen molar-refractivity contribution in [3.05, 3.63) is 35.9 Å². The molecule has 0 saturated heterocycles. The highest BCUT2D eigenvalue weighted by Crippen LogP contribution is 2.02. The summed E-state index contributed by atoms with van der Waals surface area (Å²) in [4.78, 5) is 6.40. The van der Waals surface area contributed by atoms with E-state index < -0.39 is 6.10 Å². The van der Waals surface area contributed by atoms with Crippen LogP contribution in [0.4, 0.5) is 0 Å². The van der Waals surface area contributed by atoms with Crippen LogP contribution < -0.4 is 5.90 Å². The maximum atomic E-state index is 9.45. The molecule has 1 aromatic carbocycles. The second-order valence-corrected chi connectivity index (χ2v) is 3.67. The van der Waals surface area contributed by atoms with Crippen LogP contribution in [0.2, 0.25) is 0 Å². The number of benzene rings is 1. The zero-order valence-electron chi connectivity index (χ0n) is 8.97. The Morgan fingerprint density at radius 3 is 2.67 bits per heavy atom.